The van der Waals surface area contributed by atoms with Crippen molar-refractivity contribution in [2.24, 2.45) is 0 Å². The second-order valence-corrected chi connectivity index (χ2v) is 6.81. The molecule has 0 aliphatic carbocycles. The summed E-state index contributed by atoms with van der Waals surface area (Å²) in [4.78, 5) is 12.5. The van der Waals surface area contributed by atoms with Crippen LogP contribution in [0.1, 0.15) is 5.56 Å². The van der Waals surface area contributed by atoms with Gasteiger partial charge < -0.3 is 14.6 Å². The maximum absolute atomic E-state index is 10.1. The molecule has 0 aliphatic rings. The highest BCUT2D eigenvalue weighted by Crippen LogP contribution is 2.35. The van der Waals surface area contributed by atoms with Gasteiger partial charge in [-0.3, -0.25) is 0 Å². The van der Waals surface area contributed by atoms with Gasteiger partial charge in [-0.15, -0.1) is 0 Å². The first-order chi connectivity index (χ1) is 14.6. The second kappa shape index (κ2) is 8.80. The normalized spacial score (nSPS) is 10.6. The Kier molecular flexibility index (Phi) is 5.77. The average molecular weight is 420 g/mol. The number of halogens is 1. The van der Waals surface area contributed by atoms with Crippen molar-refractivity contribution in [1.29, 1.82) is 0 Å². The molecule has 0 aliphatic heterocycles. The molecule has 0 saturated heterocycles. The van der Waals surface area contributed by atoms with Gasteiger partial charge in [0, 0.05) is 5.56 Å². The molecule has 1 aromatic heterocycles. The van der Waals surface area contributed by atoms with Gasteiger partial charge in [0.1, 0.15) is 18.1 Å². The van der Waals surface area contributed by atoms with Crippen LogP contribution in [-0.2, 0) is 6.61 Å². The first-order valence-corrected chi connectivity index (χ1v) is 9.57. The van der Waals surface area contributed by atoms with E-state index in [2.05, 4.69) is 15.0 Å². The minimum Gasteiger partial charge on any atom is -0.496 e. The lowest BCUT2D eigenvalue weighted by Crippen LogP contribution is -1.99. The van der Waals surface area contributed by atoms with Gasteiger partial charge in [-0.05, 0) is 42.0 Å². The standard InChI is InChI=1S/C23H18ClN3O3/c1-29-19-9-5-8-18(24)20(19)22-25-21(26-23(28)27-22)16-10-12-17(13-11-16)30-14-15-6-3-2-4-7-15/h2-13H,14H2,1H3,(H,25,26,27,28). The van der Waals surface area contributed by atoms with Gasteiger partial charge in [0.25, 0.3) is 0 Å². The number of hydrogen-bond acceptors (Lipinski definition) is 6. The molecule has 3 aromatic carbocycles. The number of benzene rings is 3. The number of nitrogens with zero attached hydrogens (tertiary/aromatic N) is 3. The Labute approximate surface area is 178 Å². The molecule has 1 heterocycles. The van der Waals surface area contributed by atoms with Crippen LogP contribution in [0, 0.1) is 0 Å². The van der Waals surface area contributed by atoms with Crippen molar-refractivity contribution in [3.8, 4) is 40.3 Å². The maximum atomic E-state index is 10.1. The fourth-order valence-electron chi connectivity index (χ4n) is 2.94. The summed E-state index contributed by atoms with van der Waals surface area (Å²) in [6.07, 6.45) is 0. The van der Waals surface area contributed by atoms with E-state index in [9.17, 15) is 5.11 Å². The van der Waals surface area contributed by atoms with Crippen LogP contribution in [0.2, 0.25) is 5.02 Å². The SMILES string of the molecule is COc1cccc(Cl)c1-c1nc(O)nc(-c2ccc(OCc3ccccc3)cc2)n1. The highest BCUT2D eigenvalue weighted by Gasteiger charge is 2.16. The zero-order valence-electron chi connectivity index (χ0n) is 16.1. The Bertz CT molecular complexity index is 1150. The van der Waals surface area contributed by atoms with Gasteiger partial charge in [0.05, 0.1) is 17.7 Å². The highest BCUT2D eigenvalue weighted by atomic mass is 35.5. The topological polar surface area (TPSA) is 77.4 Å². The van der Waals surface area contributed by atoms with Gasteiger partial charge in [-0.25, -0.2) is 4.98 Å². The molecule has 0 atom stereocenters. The third-order valence-electron chi connectivity index (χ3n) is 4.40. The molecule has 6 nitrogen and oxygen atoms in total. The molecule has 0 saturated carbocycles. The van der Waals surface area contributed by atoms with E-state index in [-0.39, 0.29) is 5.82 Å². The molecule has 0 spiro atoms. The molecule has 0 fully saturated rings. The highest BCUT2D eigenvalue weighted by molar-refractivity contribution is 6.33. The Morgan fingerprint density at radius 2 is 1.57 bits per heavy atom. The molecular formula is C23H18ClN3O3. The van der Waals surface area contributed by atoms with Gasteiger partial charge in [-0.2, -0.15) is 9.97 Å². The van der Waals surface area contributed by atoms with Crippen molar-refractivity contribution in [2.45, 2.75) is 6.61 Å². The average Bonchev–Trinajstić information content (AvgIpc) is 2.78. The summed E-state index contributed by atoms with van der Waals surface area (Å²) in [6, 6.07) is 22.0. The number of aromatic hydroxyl groups is 1. The molecule has 7 heteroatoms. The summed E-state index contributed by atoms with van der Waals surface area (Å²) in [5, 5.41) is 10.5. The van der Waals surface area contributed by atoms with Crippen molar-refractivity contribution in [3.63, 3.8) is 0 Å². The van der Waals surface area contributed by atoms with Crippen molar-refractivity contribution in [3.05, 3.63) is 83.4 Å². The molecule has 1 N–H and O–H groups in total. The lowest BCUT2D eigenvalue weighted by Gasteiger charge is -2.11. The monoisotopic (exact) mass is 419 g/mol. The lowest BCUT2D eigenvalue weighted by atomic mass is 10.1. The largest absolute Gasteiger partial charge is 0.496 e. The Morgan fingerprint density at radius 3 is 2.30 bits per heavy atom. The summed E-state index contributed by atoms with van der Waals surface area (Å²) in [5.41, 5.74) is 2.28. The van der Waals surface area contributed by atoms with Crippen molar-refractivity contribution >= 4 is 11.6 Å². The van der Waals surface area contributed by atoms with E-state index in [4.69, 9.17) is 21.1 Å². The van der Waals surface area contributed by atoms with Crippen LogP contribution in [-0.4, -0.2) is 27.2 Å². The Hall–Kier alpha value is -3.64. The number of aromatic nitrogens is 3. The fraction of sp³-hybridized carbons (Fsp3) is 0.0870. The van der Waals surface area contributed by atoms with E-state index >= 15 is 0 Å². The molecule has 0 amide bonds. The molecule has 0 unspecified atom stereocenters. The summed E-state index contributed by atoms with van der Waals surface area (Å²) in [5.74, 6) is 1.76. The molecule has 4 rings (SSSR count). The number of methoxy groups -OCH3 is 1. The summed E-state index contributed by atoms with van der Waals surface area (Å²) < 4.78 is 11.2. The zero-order chi connectivity index (χ0) is 20.9. The Morgan fingerprint density at radius 1 is 0.833 bits per heavy atom. The van der Waals surface area contributed by atoms with E-state index in [1.54, 1.807) is 18.2 Å². The lowest BCUT2D eigenvalue weighted by molar-refractivity contribution is 0.306. The Balaban J connectivity index is 1.60. The first-order valence-electron chi connectivity index (χ1n) is 9.19. The molecule has 150 valence electrons. The van der Waals surface area contributed by atoms with Crippen molar-refractivity contribution in [1.82, 2.24) is 15.0 Å². The number of rotatable bonds is 6. The van der Waals surface area contributed by atoms with Crippen LogP contribution in [0.4, 0.5) is 0 Å². The number of ether oxygens (including phenoxy) is 2. The number of hydrogen-bond donors (Lipinski definition) is 1. The summed E-state index contributed by atoms with van der Waals surface area (Å²) >= 11 is 6.32. The van der Waals surface area contributed by atoms with Gasteiger partial charge >= 0.3 is 6.01 Å². The third kappa shape index (κ3) is 4.34. The molecule has 4 aromatic rings. The summed E-state index contributed by atoms with van der Waals surface area (Å²) in [6.45, 7) is 0.475. The van der Waals surface area contributed by atoms with Gasteiger partial charge in [0.15, 0.2) is 11.6 Å². The predicted molar refractivity (Wildman–Crippen MR) is 115 cm³/mol. The van der Waals surface area contributed by atoms with Crippen LogP contribution < -0.4 is 9.47 Å². The zero-order valence-corrected chi connectivity index (χ0v) is 16.9. The van der Waals surface area contributed by atoms with Crippen LogP contribution in [0.25, 0.3) is 22.8 Å². The van der Waals surface area contributed by atoms with Gasteiger partial charge in [-0.1, -0.05) is 48.0 Å². The quantitative estimate of drug-likeness (QED) is 0.465. The minimum atomic E-state index is -0.402. The summed E-state index contributed by atoms with van der Waals surface area (Å²) in [7, 11) is 1.53. The first kappa shape index (κ1) is 19.7. The second-order valence-electron chi connectivity index (χ2n) is 6.40. The van der Waals surface area contributed by atoms with E-state index in [0.717, 1.165) is 5.56 Å². The van der Waals surface area contributed by atoms with Crippen molar-refractivity contribution in [2.75, 3.05) is 7.11 Å². The maximum Gasteiger partial charge on any atom is 0.318 e. The van der Waals surface area contributed by atoms with E-state index in [1.165, 1.54) is 7.11 Å². The van der Waals surface area contributed by atoms with Crippen LogP contribution in [0.3, 0.4) is 0 Å². The third-order valence-corrected chi connectivity index (χ3v) is 4.72. The van der Waals surface area contributed by atoms with Crippen molar-refractivity contribution < 1.29 is 14.6 Å². The van der Waals surface area contributed by atoms with Crippen LogP contribution >= 0.6 is 11.6 Å². The van der Waals surface area contributed by atoms with E-state index < -0.39 is 6.01 Å². The van der Waals surface area contributed by atoms with Crippen LogP contribution in [0.15, 0.2) is 72.8 Å². The van der Waals surface area contributed by atoms with E-state index in [0.29, 0.717) is 40.1 Å². The molecule has 0 radical (unpaired) electrons. The minimum absolute atomic E-state index is 0.226. The van der Waals surface area contributed by atoms with E-state index in [1.807, 2.05) is 54.6 Å². The molecule has 0 bridgehead atoms. The van der Waals surface area contributed by atoms with Crippen LogP contribution in [0.5, 0.6) is 17.5 Å². The smallest absolute Gasteiger partial charge is 0.318 e. The van der Waals surface area contributed by atoms with Gasteiger partial charge in [0.2, 0.25) is 0 Å². The predicted octanol–water partition coefficient (Wildman–Crippen LogP) is 5.15. The molecule has 30 heavy (non-hydrogen) atoms. The molecular weight excluding hydrogens is 402 g/mol. The fourth-order valence-corrected chi connectivity index (χ4v) is 3.19.